The first-order valence-corrected chi connectivity index (χ1v) is 7.49. The predicted molar refractivity (Wildman–Crippen MR) is 80.8 cm³/mol. The maximum Gasteiger partial charge on any atom is 0.122 e. The topological polar surface area (TPSA) is 30.5 Å². The molecule has 0 bridgehead atoms. The van der Waals surface area contributed by atoms with E-state index in [1.165, 1.54) is 12.0 Å². The highest BCUT2D eigenvalue weighted by atomic mass is 79.9. The minimum absolute atomic E-state index is 0.0118. The molecule has 0 spiro atoms. The molecule has 2 rings (SSSR count). The van der Waals surface area contributed by atoms with E-state index in [0.29, 0.717) is 6.04 Å². The third-order valence-corrected chi connectivity index (χ3v) is 4.75. The molecule has 1 fully saturated rings. The van der Waals surface area contributed by atoms with Crippen LogP contribution in [0.1, 0.15) is 24.8 Å². The Hall–Kier alpha value is -0.580. The van der Waals surface area contributed by atoms with Gasteiger partial charge in [-0.05, 0) is 56.5 Å². The SMILES string of the molecule is CNC(Cc1cc(Br)ccc1OC)C1(OC)CCC1. The lowest BCUT2D eigenvalue weighted by atomic mass is 9.72. The summed E-state index contributed by atoms with van der Waals surface area (Å²) in [4.78, 5) is 0. The second-order valence-corrected chi connectivity index (χ2v) is 6.04. The molecule has 1 aliphatic rings. The summed E-state index contributed by atoms with van der Waals surface area (Å²) >= 11 is 3.53. The Bertz CT molecular complexity index is 427. The van der Waals surface area contributed by atoms with Crippen molar-refractivity contribution >= 4 is 15.9 Å². The van der Waals surface area contributed by atoms with Gasteiger partial charge in [0.1, 0.15) is 5.75 Å². The van der Waals surface area contributed by atoms with Crippen molar-refractivity contribution < 1.29 is 9.47 Å². The Labute approximate surface area is 123 Å². The van der Waals surface area contributed by atoms with Gasteiger partial charge in [0.2, 0.25) is 0 Å². The predicted octanol–water partition coefficient (Wildman–Crippen LogP) is 3.16. The van der Waals surface area contributed by atoms with E-state index in [1.54, 1.807) is 7.11 Å². The Morgan fingerprint density at radius 1 is 1.37 bits per heavy atom. The molecular formula is C15H22BrNO2. The molecule has 1 unspecified atom stereocenters. The van der Waals surface area contributed by atoms with Crippen molar-refractivity contribution in [2.24, 2.45) is 0 Å². The third kappa shape index (κ3) is 2.96. The van der Waals surface area contributed by atoms with Crippen LogP contribution in [0.3, 0.4) is 0 Å². The lowest BCUT2D eigenvalue weighted by Gasteiger charge is -2.46. The lowest BCUT2D eigenvalue weighted by Crippen LogP contribution is -2.56. The first-order chi connectivity index (χ1) is 9.15. The van der Waals surface area contributed by atoms with Gasteiger partial charge in [0.25, 0.3) is 0 Å². The molecule has 0 aliphatic heterocycles. The molecule has 0 amide bonds. The molecule has 1 N–H and O–H groups in total. The molecule has 1 saturated carbocycles. The molecule has 19 heavy (non-hydrogen) atoms. The summed E-state index contributed by atoms with van der Waals surface area (Å²) in [6, 6.07) is 6.46. The summed E-state index contributed by atoms with van der Waals surface area (Å²) in [6.07, 6.45) is 4.42. The van der Waals surface area contributed by atoms with Crippen LogP contribution in [0.2, 0.25) is 0 Å². The summed E-state index contributed by atoms with van der Waals surface area (Å²) in [5.74, 6) is 0.939. The van der Waals surface area contributed by atoms with E-state index in [0.717, 1.165) is 29.5 Å². The highest BCUT2D eigenvalue weighted by Crippen LogP contribution is 2.40. The standard InChI is InChI=1S/C15H22BrNO2/c1-17-14(15(19-3)7-4-8-15)10-11-9-12(16)5-6-13(11)18-2/h5-6,9,14,17H,4,7-8,10H2,1-3H3. The summed E-state index contributed by atoms with van der Waals surface area (Å²) < 4.78 is 12.3. The van der Waals surface area contributed by atoms with Crippen molar-refractivity contribution in [3.05, 3.63) is 28.2 Å². The van der Waals surface area contributed by atoms with Crippen LogP contribution in [-0.2, 0) is 11.2 Å². The van der Waals surface area contributed by atoms with Gasteiger partial charge in [0.15, 0.2) is 0 Å². The van der Waals surface area contributed by atoms with Crippen LogP contribution in [-0.4, -0.2) is 32.9 Å². The van der Waals surface area contributed by atoms with E-state index in [9.17, 15) is 0 Å². The summed E-state index contributed by atoms with van der Waals surface area (Å²) in [6.45, 7) is 0. The van der Waals surface area contributed by atoms with Crippen LogP contribution in [0.25, 0.3) is 0 Å². The minimum Gasteiger partial charge on any atom is -0.496 e. The van der Waals surface area contributed by atoms with Gasteiger partial charge in [-0.3, -0.25) is 0 Å². The van der Waals surface area contributed by atoms with Gasteiger partial charge >= 0.3 is 0 Å². The maximum absolute atomic E-state index is 5.79. The van der Waals surface area contributed by atoms with Crippen LogP contribution in [0.15, 0.2) is 22.7 Å². The Kier molecular flexibility index (Phi) is 4.87. The highest BCUT2D eigenvalue weighted by molar-refractivity contribution is 9.10. The van der Waals surface area contributed by atoms with Gasteiger partial charge in [0, 0.05) is 17.6 Å². The molecule has 3 nitrogen and oxygen atoms in total. The average molecular weight is 328 g/mol. The van der Waals surface area contributed by atoms with Crippen molar-refractivity contribution in [3.8, 4) is 5.75 Å². The second kappa shape index (κ2) is 6.25. The number of likely N-dealkylation sites (N-methyl/N-ethyl adjacent to an activating group) is 1. The van der Waals surface area contributed by atoms with Gasteiger partial charge in [-0.15, -0.1) is 0 Å². The molecular weight excluding hydrogens is 306 g/mol. The molecule has 1 atom stereocenters. The summed E-state index contributed by atoms with van der Waals surface area (Å²) in [7, 11) is 5.55. The van der Waals surface area contributed by atoms with Crippen LogP contribution >= 0.6 is 15.9 Å². The summed E-state index contributed by atoms with van der Waals surface area (Å²) in [5, 5.41) is 3.42. The molecule has 106 valence electrons. The molecule has 0 saturated heterocycles. The first-order valence-electron chi connectivity index (χ1n) is 6.70. The quantitative estimate of drug-likeness (QED) is 0.870. The van der Waals surface area contributed by atoms with Gasteiger partial charge in [-0.25, -0.2) is 0 Å². The molecule has 4 heteroatoms. The Morgan fingerprint density at radius 2 is 2.11 bits per heavy atom. The normalized spacial score (nSPS) is 18.7. The summed E-state index contributed by atoms with van der Waals surface area (Å²) in [5.41, 5.74) is 1.20. The number of hydrogen-bond donors (Lipinski definition) is 1. The van der Waals surface area contributed by atoms with E-state index < -0.39 is 0 Å². The van der Waals surface area contributed by atoms with Crippen molar-refractivity contribution in [1.82, 2.24) is 5.32 Å². The number of benzene rings is 1. The molecule has 1 aromatic rings. The lowest BCUT2D eigenvalue weighted by molar-refractivity contribution is -0.0967. The molecule has 0 heterocycles. The largest absolute Gasteiger partial charge is 0.496 e. The average Bonchev–Trinajstić information content (AvgIpc) is 2.37. The fourth-order valence-electron chi connectivity index (χ4n) is 2.90. The number of ether oxygens (including phenoxy) is 2. The van der Waals surface area contributed by atoms with Crippen LogP contribution in [0.4, 0.5) is 0 Å². The van der Waals surface area contributed by atoms with Crippen molar-refractivity contribution in [2.75, 3.05) is 21.3 Å². The monoisotopic (exact) mass is 327 g/mol. The number of halogens is 1. The number of nitrogens with one attached hydrogen (secondary N) is 1. The maximum atomic E-state index is 5.79. The fraction of sp³-hybridized carbons (Fsp3) is 0.600. The van der Waals surface area contributed by atoms with E-state index >= 15 is 0 Å². The minimum atomic E-state index is -0.0118. The Morgan fingerprint density at radius 3 is 2.58 bits per heavy atom. The van der Waals surface area contributed by atoms with E-state index in [1.807, 2.05) is 26.3 Å². The van der Waals surface area contributed by atoms with Crippen LogP contribution < -0.4 is 10.1 Å². The van der Waals surface area contributed by atoms with E-state index in [2.05, 4.69) is 27.3 Å². The van der Waals surface area contributed by atoms with Crippen molar-refractivity contribution in [1.29, 1.82) is 0 Å². The van der Waals surface area contributed by atoms with Crippen LogP contribution in [0.5, 0.6) is 5.75 Å². The van der Waals surface area contributed by atoms with Crippen LogP contribution in [0, 0.1) is 0 Å². The van der Waals surface area contributed by atoms with Crippen molar-refractivity contribution in [2.45, 2.75) is 37.3 Å². The number of rotatable bonds is 6. The molecule has 1 aromatic carbocycles. The molecule has 0 aromatic heterocycles. The van der Waals surface area contributed by atoms with Gasteiger partial charge in [-0.2, -0.15) is 0 Å². The van der Waals surface area contributed by atoms with Gasteiger partial charge < -0.3 is 14.8 Å². The highest BCUT2D eigenvalue weighted by Gasteiger charge is 2.43. The zero-order valence-corrected chi connectivity index (χ0v) is 13.4. The zero-order valence-electron chi connectivity index (χ0n) is 11.8. The molecule has 1 aliphatic carbocycles. The number of methoxy groups -OCH3 is 2. The fourth-order valence-corrected chi connectivity index (χ4v) is 3.31. The van der Waals surface area contributed by atoms with Gasteiger partial charge in [-0.1, -0.05) is 15.9 Å². The molecule has 0 radical (unpaired) electrons. The van der Waals surface area contributed by atoms with E-state index in [-0.39, 0.29) is 5.60 Å². The third-order valence-electron chi connectivity index (χ3n) is 4.26. The number of hydrogen-bond acceptors (Lipinski definition) is 3. The smallest absolute Gasteiger partial charge is 0.122 e. The second-order valence-electron chi connectivity index (χ2n) is 5.12. The van der Waals surface area contributed by atoms with Crippen molar-refractivity contribution in [3.63, 3.8) is 0 Å². The van der Waals surface area contributed by atoms with Gasteiger partial charge in [0.05, 0.1) is 12.7 Å². The van der Waals surface area contributed by atoms with E-state index in [4.69, 9.17) is 9.47 Å². The zero-order chi connectivity index (χ0) is 13.9. The first kappa shape index (κ1) is 14.8. The Balaban J connectivity index is 2.20.